The van der Waals surface area contributed by atoms with Gasteiger partial charge in [0.15, 0.2) is 0 Å². The minimum atomic E-state index is -1.29. The lowest BCUT2D eigenvalue weighted by Gasteiger charge is -1.99. The Labute approximate surface area is 97.4 Å². The van der Waals surface area contributed by atoms with Gasteiger partial charge in [-0.2, -0.15) is 0 Å². The van der Waals surface area contributed by atoms with Gasteiger partial charge in [-0.15, -0.1) is 0 Å². The lowest BCUT2D eigenvalue weighted by Crippen LogP contribution is -2.32. The van der Waals surface area contributed by atoms with Crippen molar-refractivity contribution in [2.45, 2.75) is 31.3 Å². The van der Waals surface area contributed by atoms with Gasteiger partial charge in [-0.25, -0.2) is 0 Å². The number of aliphatic carboxylic acids is 3. The van der Waals surface area contributed by atoms with Crippen molar-refractivity contribution in [2.24, 2.45) is 5.73 Å². The highest BCUT2D eigenvalue weighted by atomic mass is 16.4. The van der Waals surface area contributed by atoms with Crippen LogP contribution in [0.15, 0.2) is 0 Å². The van der Waals surface area contributed by atoms with Gasteiger partial charge < -0.3 is 26.4 Å². The van der Waals surface area contributed by atoms with E-state index in [-0.39, 0.29) is 6.04 Å². The van der Waals surface area contributed by atoms with E-state index in [1.54, 1.807) is 0 Å². The fourth-order valence-corrected chi connectivity index (χ4v) is 1.17. The number of hydrogen-bond acceptors (Lipinski definition) is 5. The van der Waals surface area contributed by atoms with Gasteiger partial charge in [0.2, 0.25) is 0 Å². The normalized spacial score (nSPS) is 19.9. The van der Waals surface area contributed by atoms with Crippen molar-refractivity contribution in [3.63, 3.8) is 0 Å². The van der Waals surface area contributed by atoms with Gasteiger partial charge >= 0.3 is 17.9 Å². The van der Waals surface area contributed by atoms with Crippen LogP contribution in [0.1, 0.15) is 19.3 Å². The molecule has 0 aliphatic carbocycles. The average Bonchev–Trinajstić information content (AvgIpc) is 2.69. The summed E-state index contributed by atoms with van der Waals surface area (Å²) in [7, 11) is 0. The van der Waals surface area contributed by atoms with E-state index in [2.05, 4.69) is 5.32 Å². The van der Waals surface area contributed by atoms with Gasteiger partial charge in [0.25, 0.3) is 0 Å². The second kappa shape index (κ2) is 7.58. The van der Waals surface area contributed by atoms with E-state index in [0.29, 0.717) is 0 Å². The van der Waals surface area contributed by atoms with Gasteiger partial charge in [0.1, 0.15) is 12.1 Å². The quantitative estimate of drug-likeness (QED) is 0.411. The summed E-state index contributed by atoms with van der Waals surface area (Å²) in [6.07, 6.45) is 1.25. The number of hydrogen-bond donors (Lipinski definition) is 5. The topological polar surface area (TPSA) is 150 Å². The zero-order chi connectivity index (χ0) is 13.4. The SMILES string of the molecule is NC(CC(=O)O)C(=O)O.O=C(O)[C@@H]1CCCN1. The molecule has 8 heteroatoms. The van der Waals surface area contributed by atoms with Crippen LogP contribution in [0.5, 0.6) is 0 Å². The van der Waals surface area contributed by atoms with Crippen molar-refractivity contribution in [3.8, 4) is 0 Å². The van der Waals surface area contributed by atoms with Crippen LogP contribution in [0.25, 0.3) is 0 Å². The number of rotatable bonds is 4. The zero-order valence-electron chi connectivity index (χ0n) is 9.13. The van der Waals surface area contributed by atoms with Gasteiger partial charge in [-0.1, -0.05) is 0 Å². The monoisotopic (exact) mass is 248 g/mol. The fraction of sp³-hybridized carbons (Fsp3) is 0.667. The summed E-state index contributed by atoms with van der Waals surface area (Å²) in [6, 6.07) is -1.56. The van der Waals surface area contributed by atoms with E-state index >= 15 is 0 Å². The lowest BCUT2D eigenvalue weighted by molar-refractivity contribution is -0.144. The lowest BCUT2D eigenvalue weighted by atomic mass is 10.2. The first kappa shape index (κ1) is 15.3. The fourth-order valence-electron chi connectivity index (χ4n) is 1.17. The number of nitrogens with one attached hydrogen (secondary N) is 1. The molecule has 1 heterocycles. The summed E-state index contributed by atoms with van der Waals surface area (Å²) in [4.78, 5) is 29.8. The van der Waals surface area contributed by atoms with Crippen LogP contribution in [-0.2, 0) is 14.4 Å². The second-order valence-electron chi connectivity index (χ2n) is 3.53. The molecule has 0 spiro atoms. The van der Waals surface area contributed by atoms with Crippen LogP contribution in [0.4, 0.5) is 0 Å². The maximum Gasteiger partial charge on any atom is 0.321 e. The largest absolute Gasteiger partial charge is 0.481 e. The van der Waals surface area contributed by atoms with Crippen LogP contribution in [0, 0.1) is 0 Å². The standard InChI is InChI=1S/C5H9NO2.C4H7NO4/c7-5(8)4-2-1-3-6-4;5-2(4(8)9)1-3(6)7/h4,6H,1-3H2,(H,7,8);2H,1,5H2,(H,6,7)(H,8,9)/t4-;/m0./s1. The van der Waals surface area contributed by atoms with Crippen LogP contribution < -0.4 is 11.1 Å². The molecule has 1 rings (SSSR count). The summed E-state index contributed by atoms with van der Waals surface area (Å²) in [5.41, 5.74) is 4.84. The van der Waals surface area contributed by atoms with Crippen LogP contribution in [0.2, 0.25) is 0 Å². The molecule has 1 unspecified atom stereocenters. The molecule has 0 radical (unpaired) electrons. The minimum Gasteiger partial charge on any atom is -0.481 e. The molecule has 0 saturated carbocycles. The molecule has 1 aliphatic rings. The third-order valence-electron chi connectivity index (χ3n) is 2.07. The highest BCUT2D eigenvalue weighted by Gasteiger charge is 2.20. The maximum absolute atomic E-state index is 10.1. The Morgan fingerprint density at radius 3 is 2.06 bits per heavy atom. The van der Waals surface area contributed by atoms with Crippen molar-refractivity contribution in [1.82, 2.24) is 5.32 Å². The van der Waals surface area contributed by atoms with E-state index in [4.69, 9.17) is 21.1 Å². The summed E-state index contributed by atoms with van der Waals surface area (Å²) in [6.45, 7) is 0.858. The molecule has 1 aliphatic heterocycles. The molecule has 0 bridgehead atoms. The molecule has 0 amide bonds. The van der Waals surface area contributed by atoms with Crippen molar-refractivity contribution in [2.75, 3.05) is 6.54 Å². The summed E-state index contributed by atoms with van der Waals surface area (Å²) >= 11 is 0. The van der Waals surface area contributed by atoms with Gasteiger partial charge in [-0.3, -0.25) is 14.4 Å². The van der Waals surface area contributed by atoms with Gasteiger partial charge in [-0.05, 0) is 19.4 Å². The Morgan fingerprint density at radius 2 is 1.88 bits per heavy atom. The van der Waals surface area contributed by atoms with Crippen LogP contribution >= 0.6 is 0 Å². The molecule has 8 nitrogen and oxygen atoms in total. The first-order chi connectivity index (χ1) is 7.84. The van der Waals surface area contributed by atoms with Crippen molar-refractivity contribution in [1.29, 1.82) is 0 Å². The Morgan fingerprint density at radius 1 is 1.29 bits per heavy atom. The molecule has 2 atom stereocenters. The Balaban J connectivity index is 0.000000302. The van der Waals surface area contributed by atoms with E-state index in [1.165, 1.54) is 0 Å². The second-order valence-corrected chi connectivity index (χ2v) is 3.53. The predicted octanol–water partition coefficient (Wildman–Crippen LogP) is -1.30. The Hall–Kier alpha value is -1.67. The first-order valence-electron chi connectivity index (χ1n) is 5.01. The highest BCUT2D eigenvalue weighted by Crippen LogP contribution is 2.03. The van der Waals surface area contributed by atoms with Crippen LogP contribution in [0.3, 0.4) is 0 Å². The van der Waals surface area contributed by atoms with Crippen molar-refractivity contribution in [3.05, 3.63) is 0 Å². The third-order valence-corrected chi connectivity index (χ3v) is 2.07. The molecular weight excluding hydrogens is 232 g/mol. The molecule has 1 saturated heterocycles. The average molecular weight is 248 g/mol. The third kappa shape index (κ3) is 7.25. The molecular formula is C9H16N2O6. The summed E-state index contributed by atoms with van der Waals surface area (Å²) in [5.74, 6) is -3.22. The van der Waals surface area contributed by atoms with Gasteiger partial charge in [0, 0.05) is 0 Å². The van der Waals surface area contributed by atoms with E-state index in [9.17, 15) is 14.4 Å². The smallest absolute Gasteiger partial charge is 0.321 e. The van der Waals surface area contributed by atoms with E-state index in [0.717, 1.165) is 19.4 Å². The van der Waals surface area contributed by atoms with E-state index < -0.39 is 30.4 Å². The molecule has 0 aromatic heterocycles. The highest BCUT2D eigenvalue weighted by molar-refractivity contribution is 5.80. The summed E-state index contributed by atoms with van der Waals surface area (Å²) < 4.78 is 0. The van der Waals surface area contributed by atoms with Gasteiger partial charge in [0.05, 0.1) is 6.42 Å². The number of carboxylic acid groups (broad SMARTS) is 3. The Bertz CT molecular complexity index is 287. The molecule has 1 fully saturated rings. The summed E-state index contributed by atoms with van der Waals surface area (Å²) in [5, 5.41) is 27.2. The molecule has 0 aromatic rings. The van der Waals surface area contributed by atoms with E-state index in [1.807, 2.05) is 0 Å². The zero-order valence-corrected chi connectivity index (χ0v) is 9.13. The molecule has 17 heavy (non-hydrogen) atoms. The number of nitrogens with two attached hydrogens (primary N) is 1. The van der Waals surface area contributed by atoms with Crippen molar-refractivity contribution >= 4 is 17.9 Å². The number of carboxylic acids is 3. The molecule has 98 valence electrons. The van der Waals surface area contributed by atoms with Crippen molar-refractivity contribution < 1.29 is 29.7 Å². The predicted molar refractivity (Wildman–Crippen MR) is 56.5 cm³/mol. The van der Waals surface area contributed by atoms with Crippen LogP contribution in [-0.4, -0.2) is 51.9 Å². The minimum absolute atomic E-state index is 0.269. The maximum atomic E-state index is 10.1. The first-order valence-corrected chi connectivity index (χ1v) is 5.01. The molecule has 6 N–H and O–H groups in total. The molecule has 0 aromatic carbocycles. The number of carbonyl (C=O) groups is 3. The Kier molecular flexibility index (Phi) is 6.83.